The van der Waals surface area contributed by atoms with E-state index >= 15 is 0 Å². The summed E-state index contributed by atoms with van der Waals surface area (Å²) in [6, 6.07) is 17.2. The van der Waals surface area contributed by atoms with E-state index in [4.69, 9.17) is 29.2 Å². The number of nitrogens with zero attached hydrogens (tertiary/aromatic N) is 3. The molecule has 0 fully saturated rings. The molecule has 1 atom stereocenters. The molecule has 0 amide bonds. The molecule has 0 aliphatic carbocycles. The normalized spacial score (nSPS) is 11.7. The number of aromatic nitrogens is 3. The molecule has 0 bridgehead atoms. The zero-order valence-electron chi connectivity index (χ0n) is 26.4. The van der Waals surface area contributed by atoms with Crippen molar-refractivity contribution in [3.05, 3.63) is 89.0 Å². The highest BCUT2D eigenvalue weighted by Crippen LogP contribution is 2.34. The third-order valence-corrected chi connectivity index (χ3v) is 7.10. The van der Waals surface area contributed by atoms with Crippen LogP contribution in [0.3, 0.4) is 0 Å². The van der Waals surface area contributed by atoms with Crippen LogP contribution >= 0.6 is 0 Å². The minimum absolute atomic E-state index is 0.0450. The van der Waals surface area contributed by atoms with Crippen molar-refractivity contribution >= 4 is 5.97 Å². The van der Waals surface area contributed by atoms with E-state index in [0.717, 1.165) is 46.2 Å². The van der Waals surface area contributed by atoms with E-state index in [2.05, 4.69) is 25.6 Å². The lowest BCUT2D eigenvalue weighted by atomic mass is 10.0. The van der Waals surface area contributed by atoms with Crippen molar-refractivity contribution in [1.29, 1.82) is 0 Å². The van der Waals surface area contributed by atoms with Crippen molar-refractivity contribution in [2.24, 2.45) is 0 Å². The topological polar surface area (TPSA) is 104 Å². The lowest BCUT2D eigenvalue weighted by molar-refractivity contribution is -0.149. The van der Waals surface area contributed by atoms with E-state index < -0.39 is 12.1 Å². The Hall–Kier alpha value is -4.56. The van der Waals surface area contributed by atoms with Gasteiger partial charge in [0.15, 0.2) is 23.6 Å². The first-order valence-electron chi connectivity index (χ1n) is 14.9. The van der Waals surface area contributed by atoms with Crippen LogP contribution in [0.4, 0.5) is 0 Å². The second-order valence-corrected chi connectivity index (χ2v) is 11.2. The summed E-state index contributed by atoms with van der Waals surface area (Å²) in [5.41, 5.74) is 6.89. The fourth-order valence-electron chi connectivity index (χ4n) is 4.68. The van der Waals surface area contributed by atoms with Gasteiger partial charge >= 0.3 is 5.97 Å². The standard InChI is InChI=1S/C36H41N3O5/c1-8-9-16-42-20-28(44-36(41)22(2)3)21-43-27-12-15-31(32(40)19-27)35-38-33(29-13-10-23(4)17-25(29)6)37-34(39-35)30-14-11-24(5)18-26(30)7/h10-15,17-19,28,40H,2,8-9,16,20-21H2,1,3-7H3. The smallest absolute Gasteiger partial charge is 0.333 e. The number of hydrogen-bond donors (Lipinski definition) is 1. The second kappa shape index (κ2) is 14.8. The molecule has 4 aromatic rings. The predicted molar refractivity (Wildman–Crippen MR) is 173 cm³/mol. The summed E-state index contributed by atoms with van der Waals surface area (Å²) in [4.78, 5) is 26.6. The van der Waals surface area contributed by atoms with Gasteiger partial charge in [-0.05, 0) is 64.3 Å². The maximum absolute atomic E-state index is 12.2. The van der Waals surface area contributed by atoms with Crippen LogP contribution in [0.25, 0.3) is 34.2 Å². The number of aryl methyl sites for hydroxylation is 4. The van der Waals surface area contributed by atoms with Gasteiger partial charge < -0.3 is 19.3 Å². The molecule has 230 valence electrons. The van der Waals surface area contributed by atoms with Crippen LogP contribution in [0.1, 0.15) is 48.9 Å². The lowest BCUT2D eigenvalue weighted by Crippen LogP contribution is -2.30. The highest BCUT2D eigenvalue weighted by atomic mass is 16.6. The zero-order chi connectivity index (χ0) is 31.8. The Balaban J connectivity index is 1.65. The molecular weight excluding hydrogens is 554 g/mol. The van der Waals surface area contributed by atoms with Gasteiger partial charge in [0.25, 0.3) is 0 Å². The third kappa shape index (κ3) is 8.29. The van der Waals surface area contributed by atoms with Gasteiger partial charge in [0.2, 0.25) is 0 Å². The Kier molecular flexibility index (Phi) is 10.8. The first-order chi connectivity index (χ1) is 21.0. The van der Waals surface area contributed by atoms with Gasteiger partial charge in [0.1, 0.15) is 18.1 Å². The van der Waals surface area contributed by atoms with Crippen molar-refractivity contribution in [3.8, 4) is 45.7 Å². The van der Waals surface area contributed by atoms with Gasteiger partial charge in [-0.1, -0.05) is 67.4 Å². The van der Waals surface area contributed by atoms with E-state index in [-0.39, 0.29) is 19.0 Å². The Morgan fingerprint density at radius 1 is 0.818 bits per heavy atom. The molecule has 0 saturated carbocycles. The molecule has 1 unspecified atom stereocenters. The first-order valence-corrected chi connectivity index (χ1v) is 14.9. The highest BCUT2D eigenvalue weighted by Gasteiger charge is 2.19. The maximum atomic E-state index is 12.2. The van der Waals surface area contributed by atoms with Crippen molar-refractivity contribution in [3.63, 3.8) is 0 Å². The minimum Gasteiger partial charge on any atom is -0.507 e. The van der Waals surface area contributed by atoms with Crippen molar-refractivity contribution < 1.29 is 24.1 Å². The number of ether oxygens (including phenoxy) is 3. The highest BCUT2D eigenvalue weighted by molar-refractivity contribution is 5.87. The molecule has 1 N–H and O–H groups in total. The fraction of sp³-hybridized carbons (Fsp3) is 0.333. The summed E-state index contributed by atoms with van der Waals surface area (Å²) >= 11 is 0. The first kappa shape index (κ1) is 32.4. The van der Waals surface area contributed by atoms with Gasteiger partial charge in [0, 0.05) is 29.4 Å². The SMILES string of the molecule is C=C(C)C(=O)OC(COCCCC)COc1ccc(-c2nc(-c3ccc(C)cc3C)nc(-c3ccc(C)cc3C)n2)c(O)c1. The monoisotopic (exact) mass is 595 g/mol. The van der Waals surface area contributed by atoms with Gasteiger partial charge in [0.05, 0.1) is 12.2 Å². The average Bonchev–Trinajstić information content (AvgIpc) is 2.97. The Bertz CT molecular complexity index is 1580. The van der Waals surface area contributed by atoms with E-state index in [1.165, 1.54) is 6.07 Å². The van der Waals surface area contributed by atoms with Crippen molar-refractivity contribution in [2.75, 3.05) is 19.8 Å². The molecule has 3 aromatic carbocycles. The number of carbonyl (C=O) groups is 1. The summed E-state index contributed by atoms with van der Waals surface area (Å²) in [5.74, 6) is 1.22. The Morgan fingerprint density at radius 3 is 1.86 bits per heavy atom. The summed E-state index contributed by atoms with van der Waals surface area (Å²) < 4.78 is 17.1. The molecule has 0 saturated heterocycles. The van der Waals surface area contributed by atoms with Crippen LogP contribution in [-0.2, 0) is 14.3 Å². The number of rotatable bonds is 13. The third-order valence-electron chi connectivity index (χ3n) is 7.10. The number of phenols is 1. The maximum Gasteiger partial charge on any atom is 0.333 e. The lowest BCUT2D eigenvalue weighted by Gasteiger charge is -2.19. The molecule has 0 spiro atoms. The van der Waals surface area contributed by atoms with Gasteiger partial charge in [-0.3, -0.25) is 0 Å². The molecule has 1 heterocycles. The average molecular weight is 596 g/mol. The second-order valence-electron chi connectivity index (χ2n) is 11.2. The number of esters is 1. The predicted octanol–water partition coefficient (Wildman–Crippen LogP) is 7.50. The van der Waals surface area contributed by atoms with E-state index in [1.54, 1.807) is 19.1 Å². The van der Waals surface area contributed by atoms with Crippen LogP contribution in [0, 0.1) is 27.7 Å². The largest absolute Gasteiger partial charge is 0.507 e. The van der Waals surface area contributed by atoms with Gasteiger partial charge in [-0.15, -0.1) is 0 Å². The summed E-state index contributed by atoms with van der Waals surface area (Å²) in [6.45, 7) is 16.3. The molecular formula is C36H41N3O5. The van der Waals surface area contributed by atoms with Gasteiger partial charge in [-0.25, -0.2) is 19.7 Å². The number of aromatic hydroxyl groups is 1. The van der Waals surface area contributed by atoms with Crippen molar-refractivity contribution in [2.45, 2.75) is 60.5 Å². The molecule has 8 nitrogen and oxygen atoms in total. The molecule has 4 rings (SSSR count). The number of unbranched alkanes of at least 4 members (excludes halogenated alkanes) is 1. The molecule has 0 aliphatic heterocycles. The van der Waals surface area contributed by atoms with Crippen LogP contribution in [0.5, 0.6) is 11.5 Å². The summed E-state index contributed by atoms with van der Waals surface area (Å²) in [7, 11) is 0. The quantitative estimate of drug-likeness (QED) is 0.0963. The number of carbonyl (C=O) groups excluding carboxylic acids is 1. The fourth-order valence-corrected chi connectivity index (χ4v) is 4.68. The van der Waals surface area contributed by atoms with Crippen LogP contribution in [0.15, 0.2) is 66.7 Å². The van der Waals surface area contributed by atoms with Crippen LogP contribution in [-0.4, -0.2) is 52.0 Å². The van der Waals surface area contributed by atoms with E-state index in [1.807, 2.05) is 52.0 Å². The van der Waals surface area contributed by atoms with Crippen molar-refractivity contribution in [1.82, 2.24) is 15.0 Å². The molecule has 0 radical (unpaired) electrons. The molecule has 44 heavy (non-hydrogen) atoms. The minimum atomic E-state index is -0.637. The van der Waals surface area contributed by atoms with Gasteiger partial charge in [-0.2, -0.15) is 0 Å². The van der Waals surface area contributed by atoms with Crippen LogP contribution in [0.2, 0.25) is 0 Å². The zero-order valence-corrected chi connectivity index (χ0v) is 26.4. The number of phenolic OH excluding ortho intramolecular Hbond substituents is 1. The van der Waals surface area contributed by atoms with Crippen LogP contribution < -0.4 is 4.74 Å². The molecule has 8 heteroatoms. The summed E-state index contributed by atoms with van der Waals surface area (Å²) in [6.07, 6.45) is 1.27. The molecule has 1 aromatic heterocycles. The van der Waals surface area contributed by atoms with E-state index in [0.29, 0.717) is 41.0 Å². The summed E-state index contributed by atoms with van der Waals surface area (Å²) in [5, 5.41) is 11.1. The Morgan fingerprint density at radius 2 is 1.36 bits per heavy atom. The number of benzene rings is 3. The van der Waals surface area contributed by atoms with E-state index in [9.17, 15) is 9.90 Å². The number of hydrogen-bond acceptors (Lipinski definition) is 8. The Labute approximate surface area is 259 Å². The molecule has 0 aliphatic rings.